The molecule has 106 valence electrons. The van der Waals surface area contributed by atoms with Crippen molar-refractivity contribution in [3.05, 3.63) is 0 Å². The van der Waals surface area contributed by atoms with Gasteiger partial charge in [0.15, 0.2) is 0 Å². The molecule has 0 aromatic carbocycles. The molecule has 0 aromatic rings. The van der Waals surface area contributed by atoms with E-state index in [2.05, 4.69) is 12.2 Å². The number of nitrogens with one attached hydrogen (secondary N) is 1. The molecular weight excluding hydrogens is 226 g/mol. The van der Waals surface area contributed by atoms with Crippen molar-refractivity contribution in [1.29, 1.82) is 0 Å². The highest BCUT2D eigenvalue weighted by Crippen LogP contribution is 2.38. The van der Waals surface area contributed by atoms with Crippen LogP contribution in [0.4, 0.5) is 0 Å². The molecule has 0 spiro atoms. The van der Waals surface area contributed by atoms with Crippen LogP contribution in [0.2, 0.25) is 0 Å². The van der Waals surface area contributed by atoms with Gasteiger partial charge in [0.1, 0.15) is 0 Å². The minimum atomic E-state index is 0.0163. The predicted molar refractivity (Wildman–Crippen MR) is 73.8 cm³/mol. The minimum absolute atomic E-state index is 0.0163. The lowest BCUT2D eigenvalue weighted by Gasteiger charge is -2.45. The summed E-state index contributed by atoms with van der Waals surface area (Å²) >= 11 is 0. The second-order valence-electron chi connectivity index (χ2n) is 5.86. The maximum atomic E-state index is 6.01. The first kappa shape index (κ1) is 14.3. The summed E-state index contributed by atoms with van der Waals surface area (Å²) < 4.78 is 11.5. The molecule has 0 radical (unpaired) electrons. The molecule has 1 saturated carbocycles. The molecule has 1 aliphatic carbocycles. The fourth-order valence-corrected chi connectivity index (χ4v) is 3.73. The van der Waals surface area contributed by atoms with Crippen LogP contribution in [-0.4, -0.2) is 38.5 Å². The third-order valence-corrected chi connectivity index (χ3v) is 4.80. The van der Waals surface area contributed by atoms with Gasteiger partial charge in [-0.25, -0.2) is 0 Å². The highest BCUT2D eigenvalue weighted by molar-refractivity contribution is 4.99. The molecule has 0 amide bonds. The van der Waals surface area contributed by atoms with Crippen molar-refractivity contribution in [3.63, 3.8) is 0 Å². The van der Waals surface area contributed by atoms with E-state index in [1.54, 1.807) is 0 Å². The molecule has 1 saturated heterocycles. The molecule has 2 aliphatic rings. The maximum Gasteiger partial charge on any atom is 0.0877 e. The molecule has 2 rings (SSSR count). The Morgan fingerprint density at radius 3 is 2.50 bits per heavy atom. The van der Waals surface area contributed by atoms with Crippen molar-refractivity contribution in [3.8, 4) is 0 Å². The molecular formula is C15H29NO2. The largest absolute Gasteiger partial charge is 0.381 e. The summed E-state index contributed by atoms with van der Waals surface area (Å²) in [6.45, 7) is 5.05. The Morgan fingerprint density at radius 1 is 1.28 bits per heavy atom. The van der Waals surface area contributed by atoms with Gasteiger partial charge in [-0.15, -0.1) is 0 Å². The van der Waals surface area contributed by atoms with Gasteiger partial charge in [0.05, 0.1) is 5.60 Å². The quantitative estimate of drug-likeness (QED) is 0.791. The van der Waals surface area contributed by atoms with Crippen LogP contribution in [0.3, 0.4) is 0 Å². The average Bonchev–Trinajstić information content (AvgIpc) is 2.94. The van der Waals surface area contributed by atoms with E-state index in [9.17, 15) is 0 Å². The summed E-state index contributed by atoms with van der Waals surface area (Å²) in [5.41, 5.74) is 0.0163. The van der Waals surface area contributed by atoms with Gasteiger partial charge in [-0.1, -0.05) is 19.8 Å². The van der Waals surface area contributed by atoms with E-state index in [1.807, 2.05) is 7.11 Å². The van der Waals surface area contributed by atoms with Crippen LogP contribution in [0.1, 0.15) is 51.9 Å². The fraction of sp³-hybridized carbons (Fsp3) is 1.00. The van der Waals surface area contributed by atoms with E-state index < -0.39 is 0 Å². The minimum Gasteiger partial charge on any atom is -0.381 e. The van der Waals surface area contributed by atoms with Crippen LogP contribution in [0.25, 0.3) is 0 Å². The Morgan fingerprint density at radius 2 is 1.94 bits per heavy atom. The van der Waals surface area contributed by atoms with Gasteiger partial charge in [0.2, 0.25) is 0 Å². The molecule has 2 fully saturated rings. The zero-order valence-electron chi connectivity index (χ0n) is 12.0. The Balaban J connectivity index is 2.08. The summed E-state index contributed by atoms with van der Waals surface area (Å²) in [6.07, 6.45) is 8.81. The second kappa shape index (κ2) is 6.88. The third kappa shape index (κ3) is 3.06. The van der Waals surface area contributed by atoms with Crippen molar-refractivity contribution in [2.24, 2.45) is 5.92 Å². The normalized spacial score (nSPS) is 26.3. The van der Waals surface area contributed by atoms with E-state index >= 15 is 0 Å². The van der Waals surface area contributed by atoms with Crippen molar-refractivity contribution in [1.82, 2.24) is 5.32 Å². The molecule has 0 aromatic heterocycles. The number of ether oxygens (including phenoxy) is 2. The topological polar surface area (TPSA) is 30.5 Å². The molecule has 1 unspecified atom stereocenters. The third-order valence-electron chi connectivity index (χ3n) is 4.80. The van der Waals surface area contributed by atoms with Crippen molar-refractivity contribution in [2.45, 2.75) is 63.5 Å². The van der Waals surface area contributed by atoms with E-state index in [0.717, 1.165) is 38.5 Å². The van der Waals surface area contributed by atoms with E-state index in [4.69, 9.17) is 9.47 Å². The van der Waals surface area contributed by atoms with Crippen LogP contribution in [-0.2, 0) is 9.47 Å². The standard InChI is InChI=1S/C15H29NO2/c1-3-10-16-14(13-6-4-5-7-13)15(17-2)8-11-18-12-9-15/h13-14,16H,3-12H2,1-2H3. The lowest BCUT2D eigenvalue weighted by Crippen LogP contribution is -2.58. The Labute approximate surface area is 112 Å². The summed E-state index contributed by atoms with van der Waals surface area (Å²) in [4.78, 5) is 0. The SMILES string of the molecule is CCCNC(C1CCCC1)C1(OC)CCOCC1. The average molecular weight is 255 g/mol. The smallest absolute Gasteiger partial charge is 0.0877 e. The summed E-state index contributed by atoms with van der Waals surface area (Å²) in [7, 11) is 1.89. The van der Waals surface area contributed by atoms with Gasteiger partial charge in [-0.2, -0.15) is 0 Å². The van der Waals surface area contributed by atoms with Gasteiger partial charge in [-0.05, 0) is 31.7 Å². The van der Waals surface area contributed by atoms with Crippen LogP contribution < -0.4 is 5.32 Å². The molecule has 1 heterocycles. The monoisotopic (exact) mass is 255 g/mol. The number of hydrogen-bond acceptors (Lipinski definition) is 3. The van der Waals surface area contributed by atoms with Crippen LogP contribution >= 0.6 is 0 Å². The zero-order valence-corrected chi connectivity index (χ0v) is 12.0. The molecule has 18 heavy (non-hydrogen) atoms. The predicted octanol–water partition coefficient (Wildman–Crippen LogP) is 2.74. The van der Waals surface area contributed by atoms with Gasteiger partial charge in [-0.3, -0.25) is 0 Å². The van der Waals surface area contributed by atoms with Crippen LogP contribution in [0, 0.1) is 5.92 Å². The summed E-state index contributed by atoms with van der Waals surface area (Å²) in [6, 6.07) is 0.522. The van der Waals surface area contributed by atoms with Crippen molar-refractivity contribution >= 4 is 0 Å². The van der Waals surface area contributed by atoms with Crippen LogP contribution in [0.15, 0.2) is 0 Å². The van der Waals surface area contributed by atoms with Gasteiger partial charge >= 0.3 is 0 Å². The lowest BCUT2D eigenvalue weighted by atomic mass is 9.78. The molecule has 0 bridgehead atoms. The number of methoxy groups -OCH3 is 1. The van der Waals surface area contributed by atoms with E-state index in [1.165, 1.54) is 32.1 Å². The summed E-state index contributed by atoms with van der Waals surface area (Å²) in [5.74, 6) is 0.801. The fourth-order valence-electron chi connectivity index (χ4n) is 3.73. The van der Waals surface area contributed by atoms with E-state index in [-0.39, 0.29) is 5.60 Å². The van der Waals surface area contributed by atoms with Gasteiger partial charge in [0.25, 0.3) is 0 Å². The van der Waals surface area contributed by atoms with Gasteiger partial charge < -0.3 is 14.8 Å². The number of rotatable bonds is 6. The molecule has 3 nitrogen and oxygen atoms in total. The molecule has 1 aliphatic heterocycles. The Hall–Kier alpha value is -0.120. The van der Waals surface area contributed by atoms with Gasteiger partial charge in [0, 0.05) is 39.2 Å². The van der Waals surface area contributed by atoms with Crippen molar-refractivity contribution < 1.29 is 9.47 Å². The molecule has 1 atom stereocenters. The van der Waals surface area contributed by atoms with Crippen molar-refractivity contribution in [2.75, 3.05) is 26.9 Å². The highest BCUT2D eigenvalue weighted by Gasteiger charge is 2.44. The first-order chi connectivity index (χ1) is 8.82. The number of hydrogen-bond donors (Lipinski definition) is 1. The molecule has 1 N–H and O–H groups in total. The second-order valence-corrected chi connectivity index (χ2v) is 5.86. The first-order valence-corrected chi connectivity index (χ1v) is 7.68. The zero-order chi connectivity index (χ0) is 12.8. The Bertz CT molecular complexity index is 233. The lowest BCUT2D eigenvalue weighted by molar-refractivity contribution is -0.120. The highest BCUT2D eigenvalue weighted by atomic mass is 16.5. The van der Waals surface area contributed by atoms with E-state index in [0.29, 0.717) is 6.04 Å². The Kier molecular flexibility index (Phi) is 5.46. The first-order valence-electron chi connectivity index (χ1n) is 7.68. The molecule has 3 heteroatoms. The maximum absolute atomic E-state index is 6.01. The summed E-state index contributed by atoms with van der Waals surface area (Å²) in [5, 5.41) is 3.79. The van der Waals surface area contributed by atoms with Crippen LogP contribution in [0.5, 0.6) is 0 Å².